The van der Waals surface area contributed by atoms with Crippen LogP contribution in [0, 0.1) is 0 Å². The highest BCUT2D eigenvalue weighted by molar-refractivity contribution is 5.69. The van der Waals surface area contributed by atoms with Gasteiger partial charge >= 0.3 is 0 Å². The van der Waals surface area contributed by atoms with E-state index >= 15 is 0 Å². The summed E-state index contributed by atoms with van der Waals surface area (Å²) in [6.45, 7) is 7.52. The Morgan fingerprint density at radius 3 is 1.18 bits per heavy atom. The number of rotatable bonds is 10. The Kier molecular flexibility index (Phi) is 7.44. The van der Waals surface area contributed by atoms with Crippen molar-refractivity contribution in [3.8, 4) is 0 Å². The van der Waals surface area contributed by atoms with Gasteiger partial charge in [0.15, 0.2) is 0 Å². The van der Waals surface area contributed by atoms with Crippen molar-refractivity contribution in [2.75, 3.05) is 21.3 Å². The molecule has 0 aliphatic rings. The minimum atomic E-state index is 0.904. The molecule has 34 heavy (non-hydrogen) atoms. The van der Waals surface area contributed by atoms with Crippen molar-refractivity contribution in [1.82, 2.24) is 0 Å². The summed E-state index contributed by atoms with van der Waals surface area (Å²) in [6.07, 6.45) is 5.38. The molecule has 0 atom stereocenters. The van der Waals surface area contributed by atoms with Crippen molar-refractivity contribution in [1.29, 1.82) is 0 Å². The topological polar surface area (TPSA) is 48.1 Å². The van der Waals surface area contributed by atoms with Gasteiger partial charge in [-0.15, -0.1) is 0 Å². The van der Waals surface area contributed by atoms with Crippen molar-refractivity contribution in [3.63, 3.8) is 0 Å². The summed E-state index contributed by atoms with van der Waals surface area (Å²) >= 11 is 0. The molecule has 4 aromatic carbocycles. The van der Waals surface area contributed by atoms with Gasteiger partial charge in [-0.25, -0.2) is 0 Å². The van der Waals surface area contributed by atoms with Crippen LogP contribution in [-0.4, -0.2) is 0 Å². The second-order valence-electron chi connectivity index (χ2n) is 7.66. The van der Waals surface area contributed by atoms with E-state index in [0.717, 1.165) is 45.5 Å². The molecule has 4 heteroatoms. The zero-order chi connectivity index (χ0) is 23.6. The highest BCUT2D eigenvalue weighted by atomic mass is 14.9. The van der Waals surface area contributed by atoms with E-state index < -0.39 is 0 Å². The van der Waals surface area contributed by atoms with Crippen LogP contribution in [0.25, 0.3) is 0 Å². The van der Waals surface area contributed by atoms with Gasteiger partial charge < -0.3 is 21.3 Å². The molecule has 4 nitrogen and oxygen atoms in total. The van der Waals surface area contributed by atoms with Crippen molar-refractivity contribution >= 4 is 39.8 Å². The quantitative estimate of drug-likeness (QED) is 0.185. The number of hydrogen-bond donors (Lipinski definition) is 4. The molecular formula is C30H28N4. The summed E-state index contributed by atoms with van der Waals surface area (Å²) in [5, 5.41) is 13.6. The van der Waals surface area contributed by atoms with Crippen LogP contribution in [0.4, 0.5) is 39.8 Å². The minimum Gasteiger partial charge on any atom is -0.356 e. The number of nitrogens with one attached hydrogen (secondary N) is 4. The highest BCUT2D eigenvalue weighted by Gasteiger charge is 2.00. The molecule has 0 spiro atoms. The first kappa shape index (κ1) is 22.5. The number of hydrogen-bond acceptors (Lipinski definition) is 4. The second kappa shape index (κ2) is 11.2. The molecule has 0 aliphatic heterocycles. The van der Waals surface area contributed by atoms with Crippen LogP contribution in [-0.2, 0) is 0 Å². The molecule has 0 aromatic heterocycles. The van der Waals surface area contributed by atoms with Gasteiger partial charge in [0.2, 0.25) is 0 Å². The molecule has 0 fully saturated rings. The van der Waals surface area contributed by atoms with E-state index in [0.29, 0.717) is 0 Å². The molecule has 0 bridgehead atoms. The smallest absolute Gasteiger partial charge is 0.0385 e. The van der Waals surface area contributed by atoms with E-state index in [9.17, 15) is 0 Å². The predicted molar refractivity (Wildman–Crippen MR) is 148 cm³/mol. The fraction of sp³-hybridized carbons (Fsp3) is 0. The summed E-state index contributed by atoms with van der Waals surface area (Å²) in [4.78, 5) is 0. The molecule has 4 N–H and O–H groups in total. The van der Waals surface area contributed by atoms with E-state index in [1.54, 1.807) is 12.2 Å². The Morgan fingerprint density at radius 2 is 0.824 bits per heavy atom. The lowest BCUT2D eigenvalue weighted by atomic mass is 10.2. The van der Waals surface area contributed by atoms with Crippen LogP contribution >= 0.6 is 0 Å². The van der Waals surface area contributed by atoms with E-state index in [1.807, 2.05) is 60.7 Å². The van der Waals surface area contributed by atoms with Gasteiger partial charge in [0.25, 0.3) is 0 Å². The number of benzene rings is 4. The van der Waals surface area contributed by atoms with Crippen molar-refractivity contribution < 1.29 is 0 Å². The number of anilines is 7. The number of para-hydroxylation sites is 1. The third-order valence-electron chi connectivity index (χ3n) is 5.10. The van der Waals surface area contributed by atoms with E-state index in [1.165, 1.54) is 0 Å². The van der Waals surface area contributed by atoms with Crippen LogP contribution < -0.4 is 21.3 Å². The first-order valence-electron chi connectivity index (χ1n) is 11.1. The average molecular weight is 445 g/mol. The molecule has 0 saturated carbocycles. The Balaban J connectivity index is 1.32. The van der Waals surface area contributed by atoms with Gasteiger partial charge in [0.05, 0.1) is 0 Å². The van der Waals surface area contributed by atoms with Crippen LogP contribution in [0.1, 0.15) is 0 Å². The van der Waals surface area contributed by atoms with Crippen LogP contribution in [0.2, 0.25) is 0 Å². The van der Waals surface area contributed by atoms with E-state index in [4.69, 9.17) is 0 Å². The molecule has 0 unspecified atom stereocenters. The lowest BCUT2D eigenvalue weighted by molar-refractivity contribution is 1.47. The molecule has 0 aliphatic carbocycles. The zero-order valence-corrected chi connectivity index (χ0v) is 19.0. The molecule has 0 amide bonds. The standard InChI is InChI=1S/C30H28N4/c1-3-8-23(4-2)31-25-11-13-27(14-12-25)33-29-19-21-30(22-20-29)34-28-17-15-26(16-18-28)32-24-9-6-5-7-10-24/h3-22,31-34H,1-2H2/b23-8+. The van der Waals surface area contributed by atoms with Crippen LogP contribution in [0.15, 0.2) is 140 Å². The van der Waals surface area contributed by atoms with Gasteiger partial charge in [-0.05, 0) is 97.1 Å². The molecule has 0 radical (unpaired) electrons. The predicted octanol–water partition coefficient (Wildman–Crippen LogP) is 8.59. The highest BCUT2D eigenvalue weighted by Crippen LogP contribution is 2.24. The van der Waals surface area contributed by atoms with Gasteiger partial charge in [0.1, 0.15) is 0 Å². The van der Waals surface area contributed by atoms with Gasteiger partial charge in [-0.1, -0.05) is 37.4 Å². The summed E-state index contributed by atoms with van der Waals surface area (Å²) in [7, 11) is 0. The lowest BCUT2D eigenvalue weighted by Crippen LogP contribution is -1.97. The van der Waals surface area contributed by atoms with Crippen LogP contribution in [0.5, 0.6) is 0 Å². The van der Waals surface area contributed by atoms with Crippen molar-refractivity contribution in [3.05, 3.63) is 140 Å². The average Bonchev–Trinajstić information content (AvgIpc) is 2.88. The van der Waals surface area contributed by atoms with Crippen LogP contribution in [0.3, 0.4) is 0 Å². The zero-order valence-electron chi connectivity index (χ0n) is 19.0. The molecular weight excluding hydrogens is 416 g/mol. The maximum atomic E-state index is 3.80. The maximum Gasteiger partial charge on any atom is 0.0385 e. The summed E-state index contributed by atoms with van der Waals surface area (Å²) < 4.78 is 0. The molecule has 0 saturated heterocycles. The van der Waals surface area contributed by atoms with Crippen molar-refractivity contribution in [2.24, 2.45) is 0 Å². The fourth-order valence-electron chi connectivity index (χ4n) is 3.39. The fourth-order valence-corrected chi connectivity index (χ4v) is 3.39. The second-order valence-corrected chi connectivity index (χ2v) is 7.66. The molecule has 4 rings (SSSR count). The Morgan fingerprint density at radius 1 is 0.471 bits per heavy atom. The Bertz CT molecular complexity index is 1240. The summed E-state index contributed by atoms with van der Waals surface area (Å²) in [6, 6.07) is 34.8. The van der Waals surface area contributed by atoms with Gasteiger partial charge in [0, 0.05) is 45.5 Å². The SMILES string of the molecule is C=C/C=C(\C=C)Nc1ccc(Nc2ccc(Nc3ccc(Nc4ccccc4)cc3)cc2)cc1. The van der Waals surface area contributed by atoms with Crippen molar-refractivity contribution in [2.45, 2.75) is 0 Å². The monoisotopic (exact) mass is 444 g/mol. The number of allylic oxidation sites excluding steroid dienone is 3. The first-order chi connectivity index (χ1) is 16.7. The van der Waals surface area contributed by atoms with E-state index in [2.05, 4.69) is 83.0 Å². The largest absolute Gasteiger partial charge is 0.356 e. The third kappa shape index (κ3) is 6.40. The summed E-state index contributed by atoms with van der Waals surface area (Å²) in [5.74, 6) is 0. The maximum absolute atomic E-state index is 3.80. The normalized spacial score (nSPS) is 10.8. The minimum absolute atomic E-state index is 0.904. The van der Waals surface area contributed by atoms with Gasteiger partial charge in [-0.3, -0.25) is 0 Å². The Hall–Kier alpha value is -4.70. The lowest BCUT2D eigenvalue weighted by Gasteiger charge is -2.12. The first-order valence-corrected chi connectivity index (χ1v) is 11.1. The molecule has 0 heterocycles. The van der Waals surface area contributed by atoms with E-state index in [-0.39, 0.29) is 0 Å². The third-order valence-corrected chi connectivity index (χ3v) is 5.10. The summed E-state index contributed by atoms with van der Waals surface area (Å²) in [5.41, 5.74) is 8.11. The Labute approximate surface area is 201 Å². The molecule has 168 valence electrons. The van der Waals surface area contributed by atoms with Gasteiger partial charge in [-0.2, -0.15) is 0 Å². The molecule has 4 aromatic rings.